The number of sulfone groups is 1. The molecule has 5 heteroatoms. The minimum atomic E-state index is -2.83. The number of furan rings is 1. The van der Waals surface area contributed by atoms with Crippen LogP contribution < -0.4 is 5.32 Å². The molecule has 90 valence electrons. The molecule has 0 saturated carbocycles. The molecular weight excluding hydrogens is 226 g/mol. The molecule has 2 rings (SSSR count). The van der Waals surface area contributed by atoms with Gasteiger partial charge in [0.15, 0.2) is 9.84 Å². The Bertz CT molecular complexity index is 463. The van der Waals surface area contributed by atoms with Gasteiger partial charge in [0.25, 0.3) is 0 Å². The minimum absolute atomic E-state index is 0.00553. The van der Waals surface area contributed by atoms with Gasteiger partial charge < -0.3 is 9.73 Å². The van der Waals surface area contributed by atoms with Gasteiger partial charge in [0, 0.05) is 0 Å². The fraction of sp³-hybridized carbons (Fsp3) is 0.636. The van der Waals surface area contributed by atoms with Gasteiger partial charge in [0.05, 0.1) is 17.5 Å². The monoisotopic (exact) mass is 243 g/mol. The second kappa shape index (κ2) is 4.22. The zero-order chi connectivity index (χ0) is 11.8. The highest BCUT2D eigenvalue weighted by atomic mass is 32.2. The van der Waals surface area contributed by atoms with Crippen molar-refractivity contribution in [2.45, 2.75) is 19.4 Å². The number of hydrogen-bond acceptors (Lipinski definition) is 4. The van der Waals surface area contributed by atoms with Crippen LogP contribution >= 0.6 is 0 Å². The van der Waals surface area contributed by atoms with E-state index in [0.717, 1.165) is 11.5 Å². The summed E-state index contributed by atoms with van der Waals surface area (Å²) in [5.41, 5.74) is 0. The second-order valence-corrected chi connectivity index (χ2v) is 6.61. The van der Waals surface area contributed by atoms with Gasteiger partial charge in [0.2, 0.25) is 0 Å². The van der Waals surface area contributed by atoms with Crippen molar-refractivity contribution in [2.75, 3.05) is 18.6 Å². The SMILES string of the molecule is CNC(c1ccc(C)o1)C1CCS(=O)(=O)C1. The zero-order valence-corrected chi connectivity index (χ0v) is 10.4. The summed E-state index contributed by atoms with van der Waals surface area (Å²) in [7, 11) is -0.993. The summed E-state index contributed by atoms with van der Waals surface area (Å²) in [6.45, 7) is 1.89. The maximum atomic E-state index is 11.4. The third-order valence-electron chi connectivity index (χ3n) is 3.12. The van der Waals surface area contributed by atoms with Gasteiger partial charge in [-0.15, -0.1) is 0 Å². The Kier molecular flexibility index (Phi) is 3.08. The van der Waals surface area contributed by atoms with Gasteiger partial charge in [-0.1, -0.05) is 0 Å². The summed E-state index contributed by atoms with van der Waals surface area (Å²) < 4.78 is 28.4. The Morgan fingerprint density at radius 1 is 1.50 bits per heavy atom. The first-order valence-corrected chi connectivity index (χ1v) is 7.28. The van der Waals surface area contributed by atoms with Crippen LogP contribution in [0, 0.1) is 12.8 Å². The van der Waals surface area contributed by atoms with E-state index in [-0.39, 0.29) is 17.7 Å². The predicted octanol–water partition coefficient (Wildman–Crippen LogP) is 1.28. The quantitative estimate of drug-likeness (QED) is 0.869. The van der Waals surface area contributed by atoms with Crippen molar-refractivity contribution in [3.05, 3.63) is 23.7 Å². The molecule has 0 aliphatic carbocycles. The molecule has 1 aliphatic heterocycles. The van der Waals surface area contributed by atoms with Crippen LogP contribution in [0.4, 0.5) is 0 Å². The maximum absolute atomic E-state index is 11.4. The fourth-order valence-electron chi connectivity index (χ4n) is 2.32. The number of hydrogen-bond donors (Lipinski definition) is 1. The van der Waals surface area contributed by atoms with Crippen LogP contribution in [0.25, 0.3) is 0 Å². The zero-order valence-electron chi connectivity index (χ0n) is 9.56. The van der Waals surface area contributed by atoms with E-state index in [1.54, 1.807) is 0 Å². The third-order valence-corrected chi connectivity index (χ3v) is 4.91. The molecule has 2 unspecified atom stereocenters. The molecular formula is C11H17NO3S. The molecule has 1 fully saturated rings. The van der Waals surface area contributed by atoms with Crippen LogP contribution in [-0.4, -0.2) is 27.0 Å². The molecule has 1 N–H and O–H groups in total. The molecule has 0 radical (unpaired) electrons. The molecule has 0 spiro atoms. The summed E-state index contributed by atoms with van der Waals surface area (Å²) in [4.78, 5) is 0. The van der Waals surface area contributed by atoms with Crippen LogP contribution in [0.1, 0.15) is 24.0 Å². The predicted molar refractivity (Wildman–Crippen MR) is 62.0 cm³/mol. The molecule has 2 atom stereocenters. The van der Waals surface area contributed by atoms with E-state index in [1.165, 1.54) is 0 Å². The molecule has 4 nitrogen and oxygen atoms in total. The van der Waals surface area contributed by atoms with Crippen molar-refractivity contribution in [2.24, 2.45) is 5.92 Å². The summed E-state index contributed by atoms with van der Waals surface area (Å²) in [6, 6.07) is 3.83. The Morgan fingerprint density at radius 3 is 2.69 bits per heavy atom. The number of aryl methyl sites for hydroxylation is 1. The smallest absolute Gasteiger partial charge is 0.150 e. The fourth-order valence-corrected chi connectivity index (χ4v) is 4.16. The lowest BCUT2D eigenvalue weighted by Gasteiger charge is -2.19. The molecule has 0 aromatic carbocycles. The van der Waals surface area contributed by atoms with Crippen LogP contribution in [0.3, 0.4) is 0 Å². The highest BCUT2D eigenvalue weighted by molar-refractivity contribution is 7.91. The normalized spacial score (nSPS) is 25.8. The standard InChI is InChI=1S/C11H17NO3S/c1-8-3-4-10(15-8)11(12-2)9-5-6-16(13,14)7-9/h3-4,9,11-12H,5-7H2,1-2H3. The van der Waals surface area contributed by atoms with E-state index in [9.17, 15) is 8.42 Å². The second-order valence-electron chi connectivity index (χ2n) is 4.38. The first-order chi connectivity index (χ1) is 7.52. The van der Waals surface area contributed by atoms with Crippen LogP contribution in [0.15, 0.2) is 16.5 Å². The Hall–Kier alpha value is -0.810. The average Bonchev–Trinajstić information content (AvgIpc) is 2.75. The van der Waals surface area contributed by atoms with Gasteiger partial charge in [-0.2, -0.15) is 0 Å². The van der Waals surface area contributed by atoms with E-state index in [1.807, 2.05) is 26.1 Å². The first-order valence-electron chi connectivity index (χ1n) is 5.46. The maximum Gasteiger partial charge on any atom is 0.150 e. The Labute approximate surface area is 95.9 Å². The lowest BCUT2D eigenvalue weighted by Crippen LogP contribution is -2.25. The molecule has 0 bridgehead atoms. The summed E-state index contributed by atoms with van der Waals surface area (Å²) >= 11 is 0. The Balaban J connectivity index is 2.18. The molecule has 1 aliphatic rings. The van der Waals surface area contributed by atoms with E-state index in [2.05, 4.69) is 5.32 Å². The van der Waals surface area contributed by atoms with Crippen LogP contribution in [0.2, 0.25) is 0 Å². The molecule has 16 heavy (non-hydrogen) atoms. The molecule has 1 aromatic rings. The average molecular weight is 243 g/mol. The van der Waals surface area contributed by atoms with Gasteiger partial charge in [0.1, 0.15) is 11.5 Å². The van der Waals surface area contributed by atoms with Gasteiger partial charge in [-0.25, -0.2) is 8.42 Å². The van der Waals surface area contributed by atoms with Gasteiger partial charge >= 0.3 is 0 Å². The lowest BCUT2D eigenvalue weighted by atomic mass is 9.97. The first kappa shape index (κ1) is 11.7. The van der Waals surface area contributed by atoms with E-state index < -0.39 is 9.84 Å². The van der Waals surface area contributed by atoms with Crippen molar-refractivity contribution in [1.29, 1.82) is 0 Å². The molecule has 0 amide bonds. The van der Waals surface area contributed by atoms with Crippen molar-refractivity contribution in [3.8, 4) is 0 Å². The minimum Gasteiger partial charge on any atom is -0.465 e. The highest BCUT2D eigenvalue weighted by Crippen LogP contribution is 2.31. The third kappa shape index (κ3) is 2.30. The van der Waals surface area contributed by atoms with Crippen molar-refractivity contribution >= 4 is 9.84 Å². The van der Waals surface area contributed by atoms with Crippen molar-refractivity contribution in [1.82, 2.24) is 5.32 Å². The van der Waals surface area contributed by atoms with Crippen molar-refractivity contribution in [3.63, 3.8) is 0 Å². The molecule has 1 aromatic heterocycles. The Morgan fingerprint density at radius 2 is 2.25 bits per heavy atom. The summed E-state index contributed by atoms with van der Waals surface area (Å²) in [5.74, 6) is 2.38. The van der Waals surface area contributed by atoms with Crippen LogP contribution in [0.5, 0.6) is 0 Å². The van der Waals surface area contributed by atoms with Crippen LogP contribution in [-0.2, 0) is 9.84 Å². The largest absolute Gasteiger partial charge is 0.465 e. The summed E-state index contributed by atoms with van der Waals surface area (Å²) in [6.07, 6.45) is 0.716. The van der Waals surface area contributed by atoms with Gasteiger partial charge in [-0.3, -0.25) is 0 Å². The summed E-state index contributed by atoms with van der Waals surface area (Å²) in [5, 5.41) is 3.15. The topological polar surface area (TPSA) is 59.3 Å². The number of nitrogens with one attached hydrogen (secondary N) is 1. The number of rotatable bonds is 3. The van der Waals surface area contributed by atoms with E-state index >= 15 is 0 Å². The lowest BCUT2D eigenvalue weighted by molar-refractivity contribution is 0.340. The highest BCUT2D eigenvalue weighted by Gasteiger charge is 2.35. The molecule has 2 heterocycles. The van der Waals surface area contributed by atoms with Gasteiger partial charge in [-0.05, 0) is 38.4 Å². The van der Waals surface area contributed by atoms with Crippen molar-refractivity contribution < 1.29 is 12.8 Å². The molecule has 1 saturated heterocycles. The van der Waals surface area contributed by atoms with E-state index in [0.29, 0.717) is 12.2 Å². The van der Waals surface area contributed by atoms with E-state index in [4.69, 9.17) is 4.42 Å².